The Bertz CT molecular complexity index is 605. The Kier molecular flexibility index (Phi) is 6.16. The van der Waals surface area contributed by atoms with Crippen LogP contribution in [0.3, 0.4) is 0 Å². The highest BCUT2D eigenvalue weighted by molar-refractivity contribution is 6.74. The average Bonchev–Trinajstić information content (AvgIpc) is 2.53. The smallest absolute Gasteiger partial charge is 0.250 e. The van der Waals surface area contributed by atoms with Crippen LogP contribution in [0.4, 0.5) is 5.69 Å². The first-order valence-corrected chi connectivity index (χ1v) is 11.9. The van der Waals surface area contributed by atoms with Gasteiger partial charge >= 0.3 is 0 Å². The molecule has 2 rings (SSSR count). The van der Waals surface area contributed by atoms with Gasteiger partial charge in [0.1, 0.15) is 11.5 Å². The molecule has 1 heterocycles. The first kappa shape index (κ1) is 19.8. The molecule has 1 fully saturated rings. The van der Waals surface area contributed by atoms with Gasteiger partial charge in [0.25, 0.3) is 0 Å². The second kappa shape index (κ2) is 7.79. The summed E-state index contributed by atoms with van der Waals surface area (Å²) in [5.74, 6) is 1.59. The van der Waals surface area contributed by atoms with E-state index < -0.39 is 8.32 Å². The molecule has 0 aromatic heterocycles. The zero-order valence-corrected chi connectivity index (χ0v) is 17.4. The second-order valence-corrected chi connectivity index (χ2v) is 13.0. The predicted molar refractivity (Wildman–Crippen MR) is 105 cm³/mol. The van der Waals surface area contributed by atoms with Gasteiger partial charge in [0.2, 0.25) is 14.2 Å². The van der Waals surface area contributed by atoms with Crippen molar-refractivity contribution < 1.29 is 14.0 Å². The molecule has 2 N–H and O–H groups in total. The zero-order valence-electron chi connectivity index (χ0n) is 16.4. The van der Waals surface area contributed by atoms with Gasteiger partial charge in [-0.3, -0.25) is 4.79 Å². The number of ether oxygens (including phenoxy) is 1. The third kappa shape index (κ3) is 5.22. The maximum absolute atomic E-state index is 12.5. The summed E-state index contributed by atoms with van der Waals surface area (Å²) in [6.45, 7) is 12.8. The summed E-state index contributed by atoms with van der Waals surface area (Å²) < 4.78 is 11.8. The number of piperidine rings is 1. The lowest BCUT2D eigenvalue weighted by molar-refractivity contribution is -0.120. The third-order valence-electron chi connectivity index (χ3n) is 5.27. The van der Waals surface area contributed by atoms with Crippen molar-refractivity contribution in [3.63, 3.8) is 0 Å². The lowest BCUT2D eigenvalue weighted by atomic mass is 9.97. The van der Waals surface area contributed by atoms with Crippen LogP contribution < -0.4 is 19.8 Å². The van der Waals surface area contributed by atoms with Crippen LogP contribution in [0.15, 0.2) is 18.2 Å². The molecular weight excluding hydrogens is 332 g/mol. The minimum atomic E-state index is -1.95. The number of benzene rings is 1. The van der Waals surface area contributed by atoms with E-state index in [1.165, 1.54) is 0 Å². The summed E-state index contributed by atoms with van der Waals surface area (Å²) in [6, 6.07) is 5.64. The fraction of sp³-hybridized carbons (Fsp3) is 0.632. The fourth-order valence-corrected chi connectivity index (χ4v) is 3.61. The van der Waals surface area contributed by atoms with Gasteiger partial charge in [0.05, 0.1) is 7.11 Å². The summed E-state index contributed by atoms with van der Waals surface area (Å²) in [5.41, 5.74) is 0.733. The van der Waals surface area contributed by atoms with Crippen molar-refractivity contribution >= 4 is 19.9 Å². The van der Waals surface area contributed by atoms with Crippen molar-refractivity contribution in [3.8, 4) is 11.5 Å². The standard InChI is InChI=1S/C19H32N2O3Si/c1-19(2,3)25(5,6)24-17-12-15(11-16(13-17)23-4)21-18(22)14-7-9-20-10-8-14/h11-14,20H,7-10H2,1-6H3,(H,21,22). The van der Waals surface area contributed by atoms with Crippen LogP contribution in [0.5, 0.6) is 11.5 Å². The van der Waals surface area contributed by atoms with Gasteiger partial charge in [-0.2, -0.15) is 0 Å². The van der Waals surface area contributed by atoms with E-state index in [1.54, 1.807) is 7.11 Å². The Morgan fingerprint density at radius 3 is 2.32 bits per heavy atom. The molecule has 1 saturated heterocycles. The maximum Gasteiger partial charge on any atom is 0.250 e. The molecule has 1 aliphatic rings. The van der Waals surface area contributed by atoms with Gasteiger partial charge in [0.15, 0.2) is 0 Å². The maximum atomic E-state index is 12.5. The van der Waals surface area contributed by atoms with Crippen LogP contribution in [-0.2, 0) is 4.79 Å². The molecule has 0 spiro atoms. The van der Waals surface area contributed by atoms with Gasteiger partial charge in [-0.15, -0.1) is 0 Å². The molecule has 1 aliphatic heterocycles. The topological polar surface area (TPSA) is 59.6 Å². The third-order valence-corrected chi connectivity index (χ3v) is 9.63. The van der Waals surface area contributed by atoms with Crippen molar-refractivity contribution in [2.24, 2.45) is 5.92 Å². The second-order valence-electron chi connectivity index (χ2n) is 8.27. The number of anilines is 1. The largest absolute Gasteiger partial charge is 0.543 e. The first-order chi connectivity index (χ1) is 11.6. The first-order valence-electron chi connectivity index (χ1n) is 9.02. The van der Waals surface area contributed by atoms with E-state index in [0.717, 1.165) is 37.4 Å². The number of methoxy groups -OCH3 is 1. The van der Waals surface area contributed by atoms with Gasteiger partial charge in [0, 0.05) is 29.8 Å². The van der Waals surface area contributed by atoms with Gasteiger partial charge < -0.3 is 19.8 Å². The van der Waals surface area contributed by atoms with Crippen LogP contribution in [0.25, 0.3) is 0 Å². The number of rotatable bonds is 5. The van der Waals surface area contributed by atoms with Crippen LogP contribution in [0, 0.1) is 5.92 Å². The van der Waals surface area contributed by atoms with E-state index in [-0.39, 0.29) is 16.9 Å². The molecule has 0 radical (unpaired) electrons. The Morgan fingerprint density at radius 1 is 1.16 bits per heavy atom. The van der Waals surface area contributed by atoms with E-state index in [9.17, 15) is 4.79 Å². The number of nitrogens with one attached hydrogen (secondary N) is 2. The lowest BCUT2D eigenvalue weighted by Gasteiger charge is -2.36. The van der Waals surface area contributed by atoms with Crippen LogP contribution in [0.2, 0.25) is 18.1 Å². The molecule has 140 valence electrons. The van der Waals surface area contributed by atoms with E-state index in [0.29, 0.717) is 5.75 Å². The van der Waals surface area contributed by atoms with Crippen molar-refractivity contribution in [3.05, 3.63) is 18.2 Å². The number of carbonyl (C=O) groups is 1. The highest BCUT2D eigenvalue weighted by Crippen LogP contribution is 2.38. The zero-order chi connectivity index (χ0) is 18.7. The molecule has 6 heteroatoms. The highest BCUT2D eigenvalue weighted by Gasteiger charge is 2.39. The predicted octanol–water partition coefficient (Wildman–Crippen LogP) is 4.02. The van der Waals surface area contributed by atoms with E-state index >= 15 is 0 Å². The molecular formula is C19H32N2O3Si. The molecule has 25 heavy (non-hydrogen) atoms. The number of carbonyl (C=O) groups excluding carboxylic acids is 1. The van der Waals surface area contributed by atoms with Crippen LogP contribution in [-0.4, -0.2) is 34.4 Å². The van der Waals surface area contributed by atoms with Crippen molar-refractivity contribution in [2.75, 3.05) is 25.5 Å². The monoisotopic (exact) mass is 364 g/mol. The number of hydrogen-bond donors (Lipinski definition) is 2. The number of hydrogen-bond acceptors (Lipinski definition) is 4. The van der Waals surface area contributed by atoms with Crippen molar-refractivity contribution in [1.29, 1.82) is 0 Å². The highest BCUT2D eigenvalue weighted by atomic mass is 28.4. The molecule has 0 unspecified atom stereocenters. The molecule has 1 aromatic rings. The Morgan fingerprint density at radius 2 is 1.76 bits per heavy atom. The lowest BCUT2D eigenvalue weighted by Crippen LogP contribution is -2.43. The normalized spacial score (nSPS) is 16.4. The molecule has 0 atom stereocenters. The minimum absolute atomic E-state index is 0.0669. The van der Waals surface area contributed by atoms with E-state index in [2.05, 4.69) is 44.5 Å². The SMILES string of the molecule is COc1cc(NC(=O)C2CCNCC2)cc(O[Si](C)(C)C(C)(C)C)c1. The van der Waals surface area contributed by atoms with Gasteiger partial charge in [-0.1, -0.05) is 20.8 Å². The summed E-state index contributed by atoms with van der Waals surface area (Å²) in [6.07, 6.45) is 1.76. The van der Waals surface area contributed by atoms with Crippen LogP contribution >= 0.6 is 0 Å². The Balaban J connectivity index is 2.17. The Hall–Kier alpha value is -1.53. The molecule has 5 nitrogen and oxygen atoms in total. The molecule has 0 aliphatic carbocycles. The van der Waals surface area contributed by atoms with E-state index in [4.69, 9.17) is 9.16 Å². The molecule has 1 amide bonds. The average molecular weight is 365 g/mol. The molecule has 0 bridgehead atoms. The van der Waals surface area contributed by atoms with Crippen LogP contribution in [0.1, 0.15) is 33.6 Å². The minimum Gasteiger partial charge on any atom is -0.543 e. The quantitative estimate of drug-likeness (QED) is 0.775. The van der Waals surface area contributed by atoms with Crippen molar-refractivity contribution in [1.82, 2.24) is 5.32 Å². The molecule has 0 saturated carbocycles. The fourth-order valence-electron chi connectivity index (χ4n) is 2.60. The van der Waals surface area contributed by atoms with Gasteiger partial charge in [-0.25, -0.2) is 0 Å². The number of amides is 1. The summed E-state index contributed by atoms with van der Waals surface area (Å²) in [4.78, 5) is 12.5. The van der Waals surface area contributed by atoms with Crippen molar-refractivity contribution in [2.45, 2.75) is 51.7 Å². The summed E-state index contributed by atoms with van der Waals surface area (Å²) in [5, 5.41) is 6.43. The Labute approximate surface area is 152 Å². The van der Waals surface area contributed by atoms with E-state index in [1.807, 2.05) is 18.2 Å². The molecule has 1 aromatic carbocycles. The summed E-state index contributed by atoms with van der Waals surface area (Å²) in [7, 11) is -0.324. The van der Waals surface area contributed by atoms with Gasteiger partial charge in [-0.05, 0) is 44.1 Å². The summed E-state index contributed by atoms with van der Waals surface area (Å²) >= 11 is 0.